The van der Waals surface area contributed by atoms with Crippen LogP contribution in [0.3, 0.4) is 0 Å². The Hall–Kier alpha value is -8.36. The van der Waals surface area contributed by atoms with Crippen LogP contribution >= 0.6 is 0 Å². The van der Waals surface area contributed by atoms with Crippen LogP contribution in [0.1, 0.15) is 28.1 Å². The summed E-state index contributed by atoms with van der Waals surface area (Å²) in [6, 6.07) is 16.4. The summed E-state index contributed by atoms with van der Waals surface area (Å²) in [5, 5.41) is 36.7. The fourth-order valence-corrected chi connectivity index (χ4v) is 14.7. The maximum atomic E-state index is 5.36. The summed E-state index contributed by atoms with van der Waals surface area (Å²) in [6.07, 6.45) is 7.09. The summed E-state index contributed by atoms with van der Waals surface area (Å²) >= 11 is 0. The minimum atomic E-state index is 0.975. The van der Waals surface area contributed by atoms with Gasteiger partial charge in [0.2, 0.25) is 0 Å². The van der Waals surface area contributed by atoms with Gasteiger partial charge in [0, 0.05) is 141 Å². The van der Waals surface area contributed by atoms with Crippen LogP contribution in [0, 0.1) is 34.6 Å². The quantitative estimate of drug-likeness (QED) is 0.110. The van der Waals surface area contributed by atoms with Crippen molar-refractivity contribution >= 4 is 195 Å². The van der Waals surface area contributed by atoms with Gasteiger partial charge >= 0.3 is 0 Å². The number of hydrogen-bond acceptors (Lipinski definition) is 8. The molecule has 15 aromatic carbocycles. The van der Waals surface area contributed by atoms with Gasteiger partial charge in [-0.15, -0.1) is 0 Å². The van der Waals surface area contributed by atoms with Gasteiger partial charge in [-0.3, -0.25) is 0 Å². The number of fused-ring (bicyclic) bond motifs is 11. The molecule has 0 aliphatic carbocycles. The molecule has 0 atom stereocenters. The lowest BCUT2D eigenvalue weighted by Crippen LogP contribution is -2.05. The SMILES string of the molecule is Cc1cc2c3cccc4c5ncnc6c7cc8c9ncnc(C)c9c9c(C)c(C)c%10c%11c(C)ncnc%11c%11cc%12c%13ncnc%14c(c1)c2c1c(c34)c(c56)c2c7c3c8c9c%10c%11c3c%12c2c1c%14%13. The number of aryl methyl sites for hydroxylation is 5. The normalized spacial score (nSPS) is 13.9. The monoisotopic (exact) mass is 822 g/mol. The molecule has 4 aromatic heterocycles. The van der Waals surface area contributed by atoms with Gasteiger partial charge in [0.05, 0.1) is 33.1 Å². The second kappa shape index (κ2) is 9.30. The van der Waals surface area contributed by atoms with Crippen LogP contribution in [0.25, 0.3) is 195 Å². The van der Waals surface area contributed by atoms with Crippen LogP contribution in [-0.2, 0) is 0 Å². The van der Waals surface area contributed by atoms with Gasteiger partial charge < -0.3 is 0 Å². The maximum Gasteiger partial charge on any atom is 0.116 e. The minimum Gasteiger partial charge on any atom is -0.241 e. The van der Waals surface area contributed by atoms with E-state index in [1.807, 2.05) is 0 Å². The zero-order chi connectivity index (χ0) is 42.1. The van der Waals surface area contributed by atoms with Crippen molar-refractivity contribution in [2.45, 2.75) is 34.6 Å². The second-order valence-corrected chi connectivity index (χ2v) is 19.4. The molecule has 65 heavy (non-hydrogen) atoms. The van der Waals surface area contributed by atoms with Crippen molar-refractivity contribution in [2.24, 2.45) is 0 Å². The molecule has 19 rings (SSSR count). The molecular formula is C57H26N8. The highest BCUT2D eigenvalue weighted by molar-refractivity contribution is 6.65. The molecule has 8 heteroatoms. The summed E-state index contributed by atoms with van der Waals surface area (Å²) in [5.41, 5.74) is 11.6. The van der Waals surface area contributed by atoms with Gasteiger partial charge in [-0.25, -0.2) is 39.9 Å². The molecule has 0 spiro atoms. The van der Waals surface area contributed by atoms with Gasteiger partial charge in [0.25, 0.3) is 0 Å². The Balaban J connectivity index is 1.32. The Kier molecular flexibility index (Phi) is 4.50. The fourth-order valence-electron chi connectivity index (χ4n) is 14.7. The molecule has 0 radical (unpaired) electrons. The van der Waals surface area contributed by atoms with Crippen LogP contribution in [0.5, 0.6) is 0 Å². The highest BCUT2D eigenvalue weighted by Gasteiger charge is 2.37. The number of hydrogen-bond donors (Lipinski definition) is 0. The molecular weight excluding hydrogens is 797 g/mol. The van der Waals surface area contributed by atoms with Crippen molar-refractivity contribution in [3.05, 3.63) is 95.9 Å². The van der Waals surface area contributed by atoms with E-state index < -0.39 is 0 Å². The van der Waals surface area contributed by atoms with E-state index in [1.54, 1.807) is 25.3 Å². The third kappa shape index (κ3) is 2.83. The Morgan fingerprint density at radius 2 is 0.569 bits per heavy atom. The average molecular weight is 823 g/mol. The van der Waals surface area contributed by atoms with Crippen molar-refractivity contribution < 1.29 is 0 Å². The van der Waals surface area contributed by atoms with Crippen LogP contribution in [0.15, 0.2) is 67.8 Å². The largest absolute Gasteiger partial charge is 0.241 e. The standard InChI is InChI=1S/C57H26N8/c1-17-9-24-22-7-6-8-23-34(22)42-43-35(24)25(10-17)55-51-49(43)47-39-29(57(51)65-16-63-55)12-27-37-41-31(33-21(5)59-14-61-54(27)33)19(3)18(2)30-32-20(4)58-13-60-53(32)26-11-28-38(44(45(37)39)36(26)40(30)41)46(47)48(42)50-52(23)62-15-64-56(28)50/h6-16H,1-5H3. The van der Waals surface area contributed by atoms with E-state index in [4.69, 9.17) is 39.9 Å². The zero-order valence-electron chi connectivity index (χ0n) is 35.4. The van der Waals surface area contributed by atoms with E-state index in [2.05, 4.69) is 77.1 Å². The van der Waals surface area contributed by atoms with Gasteiger partial charge in [0.15, 0.2) is 0 Å². The predicted molar refractivity (Wildman–Crippen MR) is 268 cm³/mol. The fraction of sp³-hybridized carbons (Fsp3) is 0.0877. The van der Waals surface area contributed by atoms with Crippen LogP contribution in [0.2, 0.25) is 0 Å². The first-order valence-electron chi connectivity index (χ1n) is 22.4. The smallest absolute Gasteiger partial charge is 0.116 e. The molecule has 8 nitrogen and oxygen atoms in total. The van der Waals surface area contributed by atoms with Crippen LogP contribution in [0.4, 0.5) is 0 Å². The molecule has 0 amide bonds. The second-order valence-electron chi connectivity index (χ2n) is 19.4. The highest BCUT2D eigenvalue weighted by atomic mass is 14.9. The van der Waals surface area contributed by atoms with E-state index in [1.165, 1.54) is 130 Å². The lowest BCUT2D eigenvalue weighted by atomic mass is 9.71. The first kappa shape index (κ1) is 31.5. The lowest BCUT2D eigenvalue weighted by molar-refractivity contribution is 1.16. The van der Waals surface area contributed by atoms with Crippen molar-refractivity contribution in [2.75, 3.05) is 0 Å². The van der Waals surface area contributed by atoms with E-state index >= 15 is 0 Å². The third-order valence-electron chi connectivity index (χ3n) is 16.9. The zero-order valence-corrected chi connectivity index (χ0v) is 35.4. The predicted octanol–water partition coefficient (Wildman–Crippen LogP) is 14.1. The first-order valence-corrected chi connectivity index (χ1v) is 22.4. The van der Waals surface area contributed by atoms with E-state index in [9.17, 15) is 0 Å². The van der Waals surface area contributed by atoms with E-state index in [0.29, 0.717) is 0 Å². The van der Waals surface area contributed by atoms with Crippen molar-refractivity contribution in [1.82, 2.24) is 39.9 Å². The molecule has 0 fully saturated rings. The summed E-state index contributed by atoms with van der Waals surface area (Å²) in [7, 11) is 0. The van der Waals surface area contributed by atoms with Crippen molar-refractivity contribution in [3.63, 3.8) is 0 Å². The third-order valence-corrected chi connectivity index (χ3v) is 16.9. The first-order chi connectivity index (χ1) is 31.9. The molecule has 0 aliphatic rings. The topological polar surface area (TPSA) is 103 Å². The highest BCUT2D eigenvalue weighted by Crippen LogP contribution is 2.64. The molecule has 4 heterocycles. The molecule has 0 aliphatic heterocycles. The van der Waals surface area contributed by atoms with Gasteiger partial charge in [-0.2, -0.15) is 0 Å². The molecule has 0 bridgehead atoms. The van der Waals surface area contributed by atoms with E-state index in [0.717, 1.165) is 93.0 Å². The van der Waals surface area contributed by atoms with Gasteiger partial charge in [0.1, 0.15) is 25.3 Å². The molecule has 19 aromatic rings. The number of rotatable bonds is 0. The van der Waals surface area contributed by atoms with Crippen LogP contribution in [-0.4, -0.2) is 39.9 Å². The molecule has 0 saturated heterocycles. The van der Waals surface area contributed by atoms with Gasteiger partial charge in [-0.05, 0) is 102 Å². The summed E-state index contributed by atoms with van der Waals surface area (Å²) in [5.74, 6) is 0. The Morgan fingerprint density at radius 3 is 1.06 bits per heavy atom. The molecule has 0 unspecified atom stereocenters. The Labute approximate surface area is 363 Å². The summed E-state index contributed by atoms with van der Waals surface area (Å²) < 4.78 is 0. The number of nitrogens with zero attached hydrogens (tertiary/aromatic N) is 8. The van der Waals surface area contributed by atoms with Gasteiger partial charge in [-0.1, -0.05) is 24.3 Å². The molecule has 294 valence electrons. The average Bonchev–Trinajstić information content (AvgIpc) is 3.32. The lowest BCUT2D eigenvalue weighted by Gasteiger charge is -2.31. The molecule has 0 N–H and O–H groups in total. The Bertz CT molecular complexity index is 5460. The maximum absolute atomic E-state index is 5.36. The number of benzene rings is 15. The van der Waals surface area contributed by atoms with Crippen molar-refractivity contribution in [3.8, 4) is 0 Å². The minimum absolute atomic E-state index is 0.975. The summed E-state index contributed by atoms with van der Waals surface area (Å²) in [4.78, 5) is 41.5. The Morgan fingerprint density at radius 1 is 0.246 bits per heavy atom. The van der Waals surface area contributed by atoms with Crippen molar-refractivity contribution in [1.29, 1.82) is 0 Å². The molecule has 0 saturated carbocycles. The van der Waals surface area contributed by atoms with Crippen LogP contribution < -0.4 is 0 Å². The number of aromatic nitrogens is 8. The summed E-state index contributed by atoms with van der Waals surface area (Å²) in [6.45, 7) is 11.1. The van der Waals surface area contributed by atoms with E-state index in [-0.39, 0.29) is 0 Å².